The third-order valence-electron chi connectivity index (χ3n) is 5.40. The lowest BCUT2D eigenvalue weighted by atomic mass is 10.00. The zero-order chi connectivity index (χ0) is 21.4. The van der Waals surface area contributed by atoms with Crippen LogP contribution < -0.4 is 5.01 Å². The number of imide groups is 1. The summed E-state index contributed by atoms with van der Waals surface area (Å²) in [5, 5.41) is 5.80. The molecule has 1 aromatic carbocycles. The van der Waals surface area contributed by atoms with E-state index in [0.717, 1.165) is 4.47 Å². The molecule has 0 saturated heterocycles. The smallest absolute Gasteiger partial charge is 0.355 e. The van der Waals surface area contributed by atoms with Crippen LogP contribution in [-0.2, 0) is 23.9 Å². The molecule has 8 nitrogen and oxygen atoms in total. The molecule has 9 heteroatoms. The Morgan fingerprint density at radius 2 is 1.83 bits per heavy atom. The summed E-state index contributed by atoms with van der Waals surface area (Å²) in [6.45, 7) is 1.78. The van der Waals surface area contributed by atoms with E-state index in [1.165, 1.54) is 9.91 Å². The van der Waals surface area contributed by atoms with Gasteiger partial charge in [-0.25, -0.2) is 9.80 Å². The number of rotatable bonds is 7. The molecule has 0 N–H and O–H groups in total. The predicted octanol–water partition coefficient (Wildman–Crippen LogP) is 2.50. The van der Waals surface area contributed by atoms with Crippen LogP contribution in [0.1, 0.15) is 32.6 Å². The molecule has 2 unspecified atom stereocenters. The number of anilines is 1. The average Bonchev–Trinajstić information content (AvgIpc) is 3.64. The van der Waals surface area contributed by atoms with Crippen LogP contribution in [0.5, 0.6) is 0 Å². The van der Waals surface area contributed by atoms with Gasteiger partial charge in [-0.2, -0.15) is 5.10 Å². The van der Waals surface area contributed by atoms with Crippen LogP contribution in [0.4, 0.5) is 5.69 Å². The fourth-order valence-corrected chi connectivity index (χ4v) is 3.96. The second kappa shape index (κ2) is 8.29. The molecular formula is C21H22BrN3O5. The number of hydrazone groups is 1. The molecule has 2 fully saturated rings. The van der Waals surface area contributed by atoms with E-state index >= 15 is 0 Å². The van der Waals surface area contributed by atoms with Gasteiger partial charge in [-0.3, -0.25) is 14.5 Å². The first kappa shape index (κ1) is 20.7. The van der Waals surface area contributed by atoms with Gasteiger partial charge < -0.3 is 9.53 Å². The van der Waals surface area contributed by atoms with Crippen LogP contribution in [0.2, 0.25) is 0 Å². The van der Waals surface area contributed by atoms with Crippen LogP contribution in [0.3, 0.4) is 0 Å². The minimum atomic E-state index is -1.09. The first-order chi connectivity index (χ1) is 14.5. The van der Waals surface area contributed by atoms with Crippen molar-refractivity contribution < 1.29 is 23.9 Å². The summed E-state index contributed by atoms with van der Waals surface area (Å²) in [4.78, 5) is 52.2. The molecule has 2 saturated carbocycles. The fourth-order valence-electron chi connectivity index (χ4n) is 3.57. The van der Waals surface area contributed by atoms with Gasteiger partial charge in [0.25, 0.3) is 0 Å². The normalized spacial score (nSPS) is 23.0. The highest BCUT2D eigenvalue weighted by molar-refractivity contribution is 9.10. The van der Waals surface area contributed by atoms with E-state index in [0.29, 0.717) is 37.7 Å². The van der Waals surface area contributed by atoms with Crippen molar-refractivity contribution in [1.82, 2.24) is 4.90 Å². The first-order valence-corrected chi connectivity index (χ1v) is 10.9. The number of amides is 2. The van der Waals surface area contributed by atoms with Crippen LogP contribution >= 0.6 is 15.9 Å². The van der Waals surface area contributed by atoms with Crippen LogP contribution in [0.15, 0.2) is 33.8 Å². The van der Waals surface area contributed by atoms with Gasteiger partial charge in [0, 0.05) is 16.3 Å². The molecule has 0 aromatic heterocycles. The van der Waals surface area contributed by atoms with Crippen molar-refractivity contribution in [3.05, 3.63) is 28.7 Å². The van der Waals surface area contributed by atoms with Crippen molar-refractivity contribution in [2.45, 2.75) is 38.8 Å². The maximum atomic E-state index is 13.2. The first-order valence-electron chi connectivity index (χ1n) is 10.1. The Bertz CT molecular complexity index is 901. The molecule has 2 aliphatic carbocycles. The molecule has 2 amide bonds. The van der Waals surface area contributed by atoms with Gasteiger partial charge in [-0.15, -0.1) is 0 Å². The largest absolute Gasteiger partial charge is 0.461 e. The van der Waals surface area contributed by atoms with Gasteiger partial charge in [0.15, 0.2) is 5.71 Å². The monoisotopic (exact) mass is 475 g/mol. The topological polar surface area (TPSA) is 96.3 Å². The highest BCUT2D eigenvalue weighted by Crippen LogP contribution is 2.40. The minimum absolute atomic E-state index is 0.103. The van der Waals surface area contributed by atoms with Gasteiger partial charge >= 0.3 is 5.97 Å². The zero-order valence-electron chi connectivity index (χ0n) is 16.5. The average molecular weight is 476 g/mol. The second-order valence-electron chi connectivity index (χ2n) is 7.70. The molecule has 0 bridgehead atoms. The Labute approximate surface area is 182 Å². The standard InChI is InChI=1S/C21H22BrN3O5/c1-2-30-21(29)17-16(11-26)18(25(23-17)15-5-3-4-14(22)10-15)24(19(27)12-6-7-12)20(28)13-8-9-13/h3-5,10-13,16,18H,2,6-9H2,1H3. The summed E-state index contributed by atoms with van der Waals surface area (Å²) in [5.41, 5.74) is 0.451. The summed E-state index contributed by atoms with van der Waals surface area (Å²) in [6.07, 6.45) is 2.41. The van der Waals surface area contributed by atoms with E-state index < -0.39 is 18.1 Å². The highest BCUT2D eigenvalue weighted by atomic mass is 79.9. The van der Waals surface area contributed by atoms with Crippen molar-refractivity contribution in [2.75, 3.05) is 11.6 Å². The number of hydrogen-bond donors (Lipinski definition) is 0. The van der Waals surface area contributed by atoms with Crippen LogP contribution in [0.25, 0.3) is 0 Å². The van der Waals surface area contributed by atoms with Gasteiger partial charge in [0.05, 0.1) is 12.3 Å². The lowest BCUT2D eigenvalue weighted by Gasteiger charge is -2.35. The van der Waals surface area contributed by atoms with Gasteiger partial charge in [0.1, 0.15) is 18.4 Å². The van der Waals surface area contributed by atoms with E-state index in [1.54, 1.807) is 25.1 Å². The summed E-state index contributed by atoms with van der Waals surface area (Å²) >= 11 is 3.41. The van der Waals surface area contributed by atoms with E-state index in [1.807, 2.05) is 6.07 Å². The number of halogens is 1. The lowest BCUT2D eigenvalue weighted by Crippen LogP contribution is -2.56. The predicted molar refractivity (Wildman–Crippen MR) is 111 cm³/mol. The van der Waals surface area contributed by atoms with Gasteiger partial charge in [-0.1, -0.05) is 22.0 Å². The van der Waals surface area contributed by atoms with Crippen molar-refractivity contribution >= 4 is 51.4 Å². The van der Waals surface area contributed by atoms with E-state index in [4.69, 9.17) is 4.74 Å². The number of nitrogens with zero attached hydrogens (tertiary/aromatic N) is 3. The molecule has 0 spiro atoms. The maximum absolute atomic E-state index is 13.2. The van der Waals surface area contributed by atoms with E-state index in [9.17, 15) is 19.2 Å². The maximum Gasteiger partial charge on any atom is 0.355 e. The quantitative estimate of drug-likeness (QED) is 0.341. The Hall–Kier alpha value is -2.55. The van der Waals surface area contributed by atoms with Crippen molar-refractivity contribution in [3.63, 3.8) is 0 Å². The molecule has 30 heavy (non-hydrogen) atoms. The third-order valence-corrected chi connectivity index (χ3v) is 5.89. The van der Waals surface area contributed by atoms with Crippen molar-refractivity contribution in [3.8, 4) is 0 Å². The summed E-state index contributed by atoms with van der Waals surface area (Å²) < 4.78 is 5.84. The molecular weight excluding hydrogens is 454 g/mol. The molecule has 2 atom stereocenters. The van der Waals surface area contributed by atoms with Crippen molar-refractivity contribution in [1.29, 1.82) is 0 Å². The van der Waals surface area contributed by atoms with Crippen LogP contribution in [0, 0.1) is 17.8 Å². The second-order valence-corrected chi connectivity index (χ2v) is 8.62. The highest BCUT2D eigenvalue weighted by Gasteiger charge is 2.53. The Morgan fingerprint density at radius 1 is 1.20 bits per heavy atom. The van der Waals surface area contributed by atoms with Crippen LogP contribution in [-0.4, -0.2) is 47.5 Å². The number of benzene rings is 1. The third kappa shape index (κ3) is 3.90. The molecule has 4 rings (SSSR count). The Morgan fingerprint density at radius 3 is 2.33 bits per heavy atom. The van der Waals surface area contributed by atoms with Crippen molar-refractivity contribution in [2.24, 2.45) is 22.9 Å². The molecule has 1 aromatic rings. The lowest BCUT2D eigenvalue weighted by molar-refractivity contribution is -0.150. The SMILES string of the molecule is CCOC(=O)C1=NN(c2cccc(Br)c2)C(N(C(=O)C2CC2)C(=O)C2CC2)C1C=O. The Kier molecular flexibility index (Phi) is 5.73. The van der Waals surface area contributed by atoms with E-state index in [-0.39, 0.29) is 36.0 Å². The summed E-state index contributed by atoms with van der Waals surface area (Å²) in [5.74, 6) is -2.87. The molecule has 3 aliphatic rings. The number of carbonyl (C=O) groups is 4. The number of esters is 1. The summed E-state index contributed by atoms with van der Waals surface area (Å²) in [7, 11) is 0. The molecule has 158 valence electrons. The summed E-state index contributed by atoms with van der Waals surface area (Å²) in [6, 6.07) is 7.11. The number of carbonyl (C=O) groups excluding carboxylic acids is 4. The minimum Gasteiger partial charge on any atom is -0.461 e. The fraction of sp³-hybridized carbons (Fsp3) is 0.476. The number of hydrogen-bond acceptors (Lipinski definition) is 7. The molecule has 0 radical (unpaired) electrons. The van der Waals surface area contributed by atoms with Gasteiger partial charge in [-0.05, 0) is 50.8 Å². The van der Waals surface area contributed by atoms with Gasteiger partial charge in [0.2, 0.25) is 11.8 Å². The zero-order valence-corrected chi connectivity index (χ0v) is 18.1. The number of aldehydes is 1. The molecule has 1 heterocycles. The van der Waals surface area contributed by atoms with E-state index in [2.05, 4.69) is 21.0 Å². The number of ether oxygens (including phenoxy) is 1. The molecule has 1 aliphatic heterocycles. The Balaban J connectivity index is 1.79.